The highest BCUT2D eigenvalue weighted by atomic mass is 19.4. The van der Waals surface area contributed by atoms with Crippen LogP contribution in [0.25, 0.3) is 0 Å². The van der Waals surface area contributed by atoms with Crippen LogP contribution in [0.5, 0.6) is 0 Å². The van der Waals surface area contributed by atoms with Crippen molar-refractivity contribution in [1.29, 1.82) is 0 Å². The Hall–Kier alpha value is -1.84. The molecule has 0 heterocycles. The SMILES string of the molecule is NC(=O)C[C@H](N)C(=O)O.O=C(O)C(F)(F)F. The quantitative estimate of drug-likeness (QED) is 0.497. The van der Waals surface area contributed by atoms with Crippen LogP contribution in [0.4, 0.5) is 13.2 Å². The average Bonchev–Trinajstić information content (AvgIpc) is 2.01. The summed E-state index contributed by atoms with van der Waals surface area (Å²) >= 11 is 0. The predicted molar refractivity (Wildman–Crippen MR) is 43.1 cm³/mol. The van der Waals surface area contributed by atoms with Gasteiger partial charge in [-0.15, -0.1) is 0 Å². The minimum Gasteiger partial charge on any atom is -0.480 e. The summed E-state index contributed by atoms with van der Waals surface area (Å²) in [4.78, 5) is 28.8. The summed E-state index contributed by atoms with van der Waals surface area (Å²) < 4.78 is 31.7. The van der Waals surface area contributed by atoms with Crippen molar-refractivity contribution >= 4 is 17.8 Å². The first kappa shape index (κ1) is 16.6. The highest BCUT2D eigenvalue weighted by Crippen LogP contribution is 2.13. The maximum atomic E-state index is 10.6. The van der Waals surface area contributed by atoms with Gasteiger partial charge in [0, 0.05) is 0 Å². The van der Waals surface area contributed by atoms with Crippen molar-refractivity contribution in [3.63, 3.8) is 0 Å². The number of amides is 1. The lowest BCUT2D eigenvalue weighted by Crippen LogP contribution is -2.34. The van der Waals surface area contributed by atoms with Crippen LogP contribution in [0.15, 0.2) is 0 Å². The van der Waals surface area contributed by atoms with Gasteiger partial charge in [0.05, 0.1) is 6.42 Å². The zero-order chi connectivity index (χ0) is 13.5. The van der Waals surface area contributed by atoms with E-state index in [1.54, 1.807) is 0 Å². The Bertz CT molecular complexity index is 278. The minimum absolute atomic E-state index is 0.310. The van der Waals surface area contributed by atoms with Gasteiger partial charge in [0.25, 0.3) is 0 Å². The number of halogens is 3. The highest BCUT2D eigenvalue weighted by molar-refractivity contribution is 5.83. The number of carboxylic acid groups (broad SMARTS) is 2. The number of nitrogens with two attached hydrogens (primary N) is 2. The molecule has 7 nitrogen and oxygen atoms in total. The Labute approximate surface area is 86.8 Å². The standard InChI is InChI=1S/C4H8N2O3.C2HF3O2/c5-2(4(8)9)1-3(6)7;3-2(4,5)1(6)7/h2H,1,5H2,(H2,6,7)(H,8,9);(H,6,7)/t2-;/m0./s1. The Morgan fingerprint density at radius 3 is 1.56 bits per heavy atom. The normalized spacial score (nSPS) is 12.0. The lowest BCUT2D eigenvalue weighted by Gasteiger charge is -1.99. The molecule has 0 aliphatic heterocycles. The van der Waals surface area contributed by atoms with Gasteiger partial charge < -0.3 is 21.7 Å². The summed E-state index contributed by atoms with van der Waals surface area (Å²) in [5.74, 6) is -4.67. The number of carboxylic acids is 2. The van der Waals surface area contributed by atoms with E-state index in [1.807, 2.05) is 0 Å². The summed E-state index contributed by atoms with van der Waals surface area (Å²) in [5.41, 5.74) is 9.57. The van der Waals surface area contributed by atoms with Gasteiger partial charge in [-0.1, -0.05) is 0 Å². The molecule has 0 aromatic rings. The van der Waals surface area contributed by atoms with E-state index in [9.17, 15) is 22.8 Å². The lowest BCUT2D eigenvalue weighted by atomic mass is 10.2. The molecule has 94 valence electrons. The zero-order valence-electron chi connectivity index (χ0n) is 7.69. The summed E-state index contributed by atoms with van der Waals surface area (Å²) in [6.07, 6.45) is -5.39. The second-order valence-electron chi connectivity index (χ2n) is 2.42. The Morgan fingerprint density at radius 2 is 1.50 bits per heavy atom. The second-order valence-corrected chi connectivity index (χ2v) is 2.42. The van der Waals surface area contributed by atoms with Gasteiger partial charge in [-0.2, -0.15) is 13.2 Å². The molecule has 0 radical (unpaired) electrons. The molecule has 0 saturated heterocycles. The molecule has 0 saturated carbocycles. The Kier molecular flexibility index (Phi) is 6.85. The second kappa shape index (κ2) is 6.61. The smallest absolute Gasteiger partial charge is 0.480 e. The van der Waals surface area contributed by atoms with Gasteiger partial charge in [0.15, 0.2) is 0 Å². The summed E-state index contributed by atoms with van der Waals surface area (Å²) in [7, 11) is 0. The number of alkyl halides is 3. The first-order chi connectivity index (χ1) is 6.98. The molecule has 0 aliphatic carbocycles. The van der Waals surface area contributed by atoms with E-state index in [1.165, 1.54) is 0 Å². The third-order valence-electron chi connectivity index (χ3n) is 0.981. The number of carbonyl (C=O) groups is 3. The number of aliphatic carboxylic acids is 2. The van der Waals surface area contributed by atoms with Crippen LogP contribution in [-0.2, 0) is 14.4 Å². The molecule has 0 aromatic heterocycles. The molecule has 16 heavy (non-hydrogen) atoms. The molecule has 0 fully saturated rings. The molecular weight excluding hydrogens is 237 g/mol. The molecule has 0 unspecified atom stereocenters. The van der Waals surface area contributed by atoms with Gasteiger partial charge in [-0.05, 0) is 0 Å². The van der Waals surface area contributed by atoms with Crippen molar-refractivity contribution in [2.24, 2.45) is 11.5 Å². The van der Waals surface area contributed by atoms with Gasteiger partial charge in [-0.3, -0.25) is 9.59 Å². The highest BCUT2D eigenvalue weighted by Gasteiger charge is 2.38. The molecule has 0 aromatic carbocycles. The first-order valence-electron chi connectivity index (χ1n) is 3.55. The maximum absolute atomic E-state index is 10.6. The van der Waals surface area contributed by atoms with Crippen LogP contribution in [0.3, 0.4) is 0 Å². The molecule has 0 spiro atoms. The van der Waals surface area contributed by atoms with Crippen LogP contribution >= 0.6 is 0 Å². The molecule has 6 N–H and O–H groups in total. The molecule has 1 amide bonds. The van der Waals surface area contributed by atoms with E-state index in [2.05, 4.69) is 5.73 Å². The largest absolute Gasteiger partial charge is 0.490 e. The van der Waals surface area contributed by atoms with Gasteiger partial charge in [0.1, 0.15) is 6.04 Å². The fourth-order valence-corrected chi connectivity index (χ4v) is 0.304. The molecule has 0 aliphatic rings. The number of hydrogen-bond acceptors (Lipinski definition) is 4. The van der Waals surface area contributed by atoms with E-state index in [4.69, 9.17) is 20.7 Å². The third kappa shape index (κ3) is 10.2. The molecule has 1 atom stereocenters. The summed E-state index contributed by atoms with van der Waals surface area (Å²) in [5, 5.41) is 15.2. The number of rotatable bonds is 3. The molecular formula is C6H9F3N2O5. The van der Waals surface area contributed by atoms with E-state index < -0.39 is 30.1 Å². The zero-order valence-corrected chi connectivity index (χ0v) is 7.69. The van der Waals surface area contributed by atoms with Crippen LogP contribution in [0.1, 0.15) is 6.42 Å². The number of carbonyl (C=O) groups excluding carboxylic acids is 1. The van der Waals surface area contributed by atoms with Crippen molar-refractivity contribution in [3.8, 4) is 0 Å². The lowest BCUT2D eigenvalue weighted by molar-refractivity contribution is -0.192. The number of primary amides is 1. The van der Waals surface area contributed by atoms with Crippen LogP contribution in [-0.4, -0.2) is 40.3 Å². The Balaban J connectivity index is 0. The van der Waals surface area contributed by atoms with E-state index >= 15 is 0 Å². The summed E-state index contributed by atoms with van der Waals surface area (Å²) in [6.45, 7) is 0. The fraction of sp³-hybridized carbons (Fsp3) is 0.500. The third-order valence-corrected chi connectivity index (χ3v) is 0.981. The van der Waals surface area contributed by atoms with Crippen molar-refractivity contribution < 1.29 is 37.8 Å². The monoisotopic (exact) mass is 246 g/mol. The van der Waals surface area contributed by atoms with E-state index in [-0.39, 0.29) is 6.42 Å². The summed E-state index contributed by atoms with van der Waals surface area (Å²) in [6, 6.07) is -1.16. The fourth-order valence-electron chi connectivity index (χ4n) is 0.304. The van der Waals surface area contributed by atoms with Crippen molar-refractivity contribution in [3.05, 3.63) is 0 Å². The van der Waals surface area contributed by atoms with E-state index in [0.29, 0.717) is 0 Å². The average molecular weight is 246 g/mol. The minimum atomic E-state index is -5.08. The van der Waals surface area contributed by atoms with Crippen LogP contribution in [0, 0.1) is 0 Å². The van der Waals surface area contributed by atoms with Crippen molar-refractivity contribution in [2.75, 3.05) is 0 Å². The van der Waals surface area contributed by atoms with Crippen LogP contribution in [0.2, 0.25) is 0 Å². The maximum Gasteiger partial charge on any atom is 0.490 e. The van der Waals surface area contributed by atoms with E-state index in [0.717, 1.165) is 0 Å². The van der Waals surface area contributed by atoms with Crippen molar-refractivity contribution in [2.45, 2.75) is 18.6 Å². The van der Waals surface area contributed by atoms with Gasteiger partial charge >= 0.3 is 18.1 Å². The van der Waals surface area contributed by atoms with Gasteiger partial charge in [-0.25, -0.2) is 4.79 Å². The topological polar surface area (TPSA) is 144 Å². The molecule has 0 rings (SSSR count). The number of hydrogen-bond donors (Lipinski definition) is 4. The molecule has 0 bridgehead atoms. The molecule has 10 heteroatoms. The first-order valence-corrected chi connectivity index (χ1v) is 3.55. The Morgan fingerprint density at radius 1 is 1.19 bits per heavy atom. The predicted octanol–water partition coefficient (Wildman–Crippen LogP) is -1.09. The van der Waals surface area contributed by atoms with Crippen molar-refractivity contribution in [1.82, 2.24) is 0 Å². The van der Waals surface area contributed by atoms with Crippen LogP contribution < -0.4 is 11.5 Å². The van der Waals surface area contributed by atoms with Gasteiger partial charge in [0.2, 0.25) is 5.91 Å².